The van der Waals surface area contributed by atoms with Crippen molar-refractivity contribution in [3.05, 3.63) is 29.8 Å². The highest BCUT2D eigenvalue weighted by atomic mass is 16.2. The number of nitrogens with one attached hydrogen (secondary N) is 2. The van der Waals surface area contributed by atoms with Gasteiger partial charge >= 0.3 is 6.03 Å². The van der Waals surface area contributed by atoms with E-state index in [-0.39, 0.29) is 29.8 Å². The van der Waals surface area contributed by atoms with E-state index in [9.17, 15) is 14.4 Å². The van der Waals surface area contributed by atoms with E-state index in [1.54, 1.807) is 4.90 Å². The van der Waals surface area contributed by atoms with E-state index in [4.69, 9.17) is 0 Å². The van der Waals surface area contributed by atoms with Crippen LogP contribution in [0.2, 0.25) is 0 Å². The maximum absolute atomic E-state index is 13.3. The molecule has 4 amide bonds. The number of hydrogen-bond acceptors (Lipinski definition) is 3. The summed E-state index contributed by atoms with van der Waals surface area (Å²) < 4.78 is 0. The smallest absolute Gasteiger partial charge is 0.319 e. The monoisotopic (exact) mass is 456 g/mol. The first-order chi connectivity index (χ1) is 15.7. The fourth-order valence-corrected chi connectivity index (χ4v) is 4.95. The van der Waals surface area contributed by atoms with E-state index in [1.165, 1.54) is 25.7 Å². The zero-order valence-corrected chi connectivity index (χ0v) is 20.6. The Morgan fingerprint density at radius 2 is 1.73 bits per heavy atom. The van der Waals surface area contributed by atoms with Crippen molar-refractivity contribution in [1.29, 1.82) is 0 Å². The van der Waals surface area contributed by atoms with Crippen LogP contribution in [0.25, 0.3) is 0 Å². The van der Waals surface area contributed by atoms with Gasteiger partial charge in [0.25, 0.3) is 0 Å². The maximum Gasteiger partial charge on any atom is 0.319 e. The molecule has 0 radical (unpaired) electrons. The van der Waals surface area contributed by atoms with E-state index in [2.05, 4.69) is 10.6 Å². The molecule has 1 heterocycles. The normalized spacial score (nSPS) is 20.1. The number of nitrogens with zero attached hydrogens (tertiary/aromatic N) is 2. The second-order valence-corrected chi connectivity index (χ2v) is 10.1. The van der Waals surface area contributed by atoms with Crippen LogP contribution < -0.4 is 10.6 Å². The molecule has 1 aromatic carbocycles. The summed E-state index contributed by atoms with van der Waals surface area (Å²) >= 11 is 0. The lowest BCUT2D eigenvalue weighted by atomic mass is 10.00. The predicted molar refractivity (Wildman–Crippen MR) is 131 cm³/mol. The summed E-state index contributed by atoms with van der Waals surface area (Å²) in [6.45, 7) is 9.41. The van der Waals surface area contributed by atoms with Gasteiger partial charge in [0.15, 0.2) is 0 Å². The highest BCUT2D eigenvalue weighted by Crippen LogP contribution is 2.29. The summed E-state index contributed by atoms with van der Waals surface area (Å²) in [5.41, 5.74) is 1.80. The molecule has 33 heavy (non-hydrogen) atoms. The summed E-state index contributed by atoms with van der Waals surface area (Å²) in [6, 6.07) is 6.50. The second-order valence-electron chi connectivity index (χ2n) is 10.1. The number of amides is 4. The van der Waals surface area contributed by atoms with Crippen LogP contribution in [0.3, 0.4) is 0 Å². The minimum absolute atomic E-state index is 0.0204. The Morgan fingerprint density at radius 3 is 2.33 bits per heavy atom. The van der Waals surface area contributed by atoms with Gasteiger partial charge in [0.1, 0.15) is 6.04 Å². The molecule has 2 aliphatic rings. The Hall–Kier alpha value is -2.57. The Bertz CT molecular complexity index is 817. The van der Waals surface area contributed by atoms with Gasteiger partial charge < -0.3 is 20.4 Å². The number of benzene rings is 1. The molecular weight excluding hydrogens is 416 g/mol. The van der Waals surface area contributed by atoms with Crippen molar-refractivity contribution in [2.24, 2.45) is 11.8 Å². The Balaban J connectivity index is 1.51. The van der Waals surface area contributed by atoms with Crippen LogP contribution in [0.4, 0.5) is 10.5 Å². The molecular formula is C26H40N4O3. The second kappa shape index (κ2) is 11.5. The van der Waals surface area contributed by atoms with Gasteiger partial charge in [-0.1, -0.05) is 57.2 Å². The summed E-state index contributed by atoms with van der Waals surface area (Å²) in [5, 5.41) is 5.66. The predicted octanol–water partition coefficient (Wildman–Crippen LogP) is 4.17. The van der Waals surface area contributed by atoms with Gasteiger partial charge in [0, 0.05) is 37.8 Å². The zero-order chi connectivity index (χ0) is 24.0. The van der Waals surface area contributed by atoms with Crippen molar-refractivity contribution in [3.8, 4) is 0 Å². The Labute approximate surface area is 198 Å². The third-order valence-electron chi connectivity index (χ3n) is 7.03. The first-order valence-electron chi connectivity index (χ1n) is 12.5. The van der Waals surface area contributed by atoms with Crippen LogP contribution in [0.15, 0.2) is 24.3 Å². The molecule has 7 heteroatoms. The minimum Gasteiger partial charge on any atom is -0.337 e. The first kappa shape index (κ1) is 25.1. The van der Waals surface area contributed by atoms with Crippen LogP contribution in [-0.4, -0.2) is 59.4 Å². The Morgan fingerprint density at radius 1 is 1.06 bits per heavy atom. The molecule has 3 rings (SSSR count). The van der Waals surface area contributed by atoms with Crippen LogP contribution in [0.1, 0.15) is 64.9 Å². The van der Waals surface area contributed by atoms with Crippen molar-refractivity contribution in [2.75, 3.05) is 25.0 Å². The van der Waals surface area contributed by atoms with Gasteiger partial charge in [-0.05, 0) is 44.2 Å². The molecule has 1 saturated carbocycles. The molecule has 2 fully saturated rings. The van der Waals surface area contributed by atoms with Gasteiger partial charge in [-0.3, -0.25) is 9.59 Å². The molecule has 2 atom stereocenters. The molecule has 0 aromatic heterocycles. The van der Waals surface area contributed by atoms with Gasteiger partial charge in [0.05, 0.1) is 0 Å². The summed E-state index contributed by atoms with van der Waals surface area (Å²) in [5.74, 6) is 0.769. The van der Waals surface area contributed by atoms with Crippen LogP contribution in [-0.2, 0) is 9.59 Å². The Kier molecular flexibility index (Phi) is 8.75. The van der Waals surface area contributed by atoms with E-state index in [0.717, 1.165) is 12.0 Å². The number of urea groups is 1. The van der Waals surface area contributed by atoms with Gasteiger partial charge in [-0.2, -0.15) is 0 Å². The lowest BCUT2D eigenvalue weighted by Crippen LogP contribution is -2.60. The molecule has 182 valence electrons. The SMILES string of the molecule is Cc1ccc(NC(=O)NC(C(=O)N2CCN(C(=O)CCC3CCCC3)C(C)C2)C(C)C)cc1. The molecule has 2 unspecified atom stereocenters. The fourth-order valence-electron chi connectivity index (χ4n) is 4.95. The molecule has 1 saturated heterocycles. The van der Waals surface area contributed by atoms with Crippen LogP contribution in [0, 0.1) is 18.8 Å². The molecule has 1 aromatic rings. The van der Waals surface area contributed by atoms with Crippen LogP contribution >= 0.6 is 0 Å². The lowest BCUT2D eigenvalue weighted by Gasteiger charge is -2.41. The van der Waals surface area contributed by atoms with Gasteiger partial charge in [0.2, 0.25) is 11.8 Å². The van der Waals surface area contributed by atoms with Crippen molar-refractivity contribution in [3.63, 3.8) is 0 Å². The molecule has 0 spiro atoms. The molecule has 2 N–H and O–H groups in total. The molecule has 1 aliphatic carbocycles. The summed E-state index contributed by atoms with van der Waals surface area (Å²) in [6.07, 6.45) is 6.70. The molecule has 7 nitrogen and oxygen atoms in total. The number of anilines is 1. The van der Waals surface area contributed by atoms with Crippen molar-refractivity contribution < 1.29 is 14.4 Å². The number of piperazine rings is 1. The summed E-state index contributed by atoms with van der Waals surface area (Å²) in [4.78, 5) is 42.3. The highest BCUT2D eigenvalue weighted by Gasteiger charge is 2.34. The maximum atomic E-state index is 13.3. The van der Waals surface area contributed by atoms with Crippen molar-refractivity contribution in [1.82, 2.24) is 15.1 Å². The molecule has 0 bridgehead atoms. The van der Waals surface area contributed by atoms with E-state index in [0.29, 0.717) is 37.7 Å². The third-order valence-corrected chi connectivity index (χ3v) is 7.03. The standard InChI is InChI=1S/C26H40N4O3/c1-18(2)24(28-26(33)27-22-12-9-19(3)10-13-22)25(32)29-15-16-30(20(4)17-29)23(31)14-11-21-7-5-6-8-21/h9-10,12-13,18,20-21,24H,5-8,11,14-17H2,1-4H3,(H2,27,28,33). The lowest BCUT2D eigenvalue weighted by molar-refractivity contribution is -0.144. The fraction of sp³-hybridized carbons (Fsp3) is 0.654. The van der Waals surface area contributed by atoms with E-state index in [1.807, 2.05) is 56.9 Å². The van der Waals surface area contributed by atoms with Crippen molar-refractivity contribution in [2.45, 2.75) is 78.3 Å². The van der Waals surface area contributed by atoms with Gasteiger partial charge in [-0.25, -0.2) is 4.79 Å². The topological polar surface area (TPSA) is 81.8 Å². The van der Waals surface area contributed by atoms with E-state index < -0.39 is 6.04 Å². The van der Waals surface area contributed by atoms with E-state index >= 15 is 0 Å². The number of hydrogen-bond donors (Lipinski definition) is 2. The van der Waals surface area contributed by atoms with Crippen LogP contribution in [0.5, 0.6) is 0 Å². The number of rotatable bonds is 7. The number of carbonyl (C=O) groups is 3. The minimum atomic E-state index is -0.618. The average Bonchev–Trinajstić information content (AvgIpc) is 3.30. The zero-order valence-electron chi connectivity index (χ0n) is 20.6. The summed E-state index contributed by atoms with van der Waals surface area (Å²) in [7, 11) is 0. The number of carbonyl (C=O) groups excluding carboxylic acids is 3. The van der Waals surface area contributed by atoms with Crippen molar-refractivity contribution >= 4 is 23.5 Å². The first-order valence-corrected chi connectivity index (χ1v) is 12.5. The third kappa shape index (κ3) is 6.95. The quantitative estimate of drug-likeness (QED) is 0.646. The highest BCUT2D eigenvalue weighted by molar-refractivity contribution is 5.94. The number of aryl methyl sites for hydroxylation is 1. The largest absolute Gasteiger partial charge is 0.337 e. The molecule has 1 aliphatic heterocycles. The van der Waals surface area contributed by atoms with Gasteiger partial charge in [-0.15, -0.1) is 0 Å². The average molecular weight is 457 g/mol.